The molecule has 0 N–H and O–H groups in total. The van der Waals surface area contributed by atoms with Crippen molar-refractivity contribution in [3.63, 3.8) is 0 Å². The van der Waals surface area contributed by atoms with Crippen LogP contribution >= 0.6 is 0 Å². The number of nitrogens with zero attached hydrogens (tertiary/aromatic N) is 3. The molecule has 0 spiro atoms. The zero-order valence-corrected chi connectivity index (χ0v) is 15.7. The molecule has 26 heavy (non-hydrogen) atoms. The van der Waals surface area contributed by atoms with Crippen LogP contribution in [0, 0.1) is 12.8 Å². The Morgan fingerprint density at radius 1 is 1.04 bits per heavy atom. The van der Waals surface area contributed by atoms with E-state index in [4.69, 9.17) is 0 Å². The minimum absolute atomic E-state index is 0.0737. The van der Waals surface area contributed by atoms with Crippen LogP contribution in [-0.4, -0.2) is 60.4 Å². The quantitative estimate of drug-likeness (QED) is 0.836. The van der Waals surface area contributed by atoms with Gasteiger partial charge in [-0.1, -0.05) is 18.2 Å². The Hall–Kier alpha value is -1.88. The fourth-order valence-electron chi connectivity index (χ4n) is 4.79. The van der Waals surface area contributed by atoms with Crippen LogP contribution < -0.4 is 4.90 Å². The van der Waals surface area contributed by atoms with E-state index in [1.54, 1.807) is 4.90 Å². The average Bonchev–Trinajstić information content (AvgIpc) is 3.32. The molecule has 5 nitrogen and oxygen atoms in total. The summed E-state index contributed by atoms with van der Waals surface area (Å²) in [5.41, 5.74) is 2.03. The number of likely N-dealkylation sites (tertiary alicyclic amines) is 2. The molecular formula is C21H29N3O2. The van der Waals surface area contributed by atoms with Crippen molar-refractivity contribution < 1.29 is 9.59 Å². The van der Waals surface area contributed by atoms with Gasteiger partial charge in [0, 0.05) is 37.8 Å². The van der Waals surface area contributed by atoms with Crippen molar-refractivity contribution in [3.8, 4) is 0 Å². The lowest BCUT2D eigenvalue weighted by atomic mass is 10.0. The van der Waals surface area contributed by atoms with E-state index >= 15 is 0 Å². The molecule has 0 radical (unpaired) electrons. The highest BCUT2D eigenvalue weighted by molar-refractivity contribution is 6.00. The molecule has 140 valence electrons. The fourth-order valence-corrected chi connectivity index (χ4v) is 4.79. The topological polar surface area (TPSA) is 43.9 Å². The highest BCUT2D eigenvalue weighted by atomic mass is 16.2. The molecule has 2 amide bonds. The van der Waals surface area contributed by atoms with Crippen LogP contribution in [0.5, 0.6) is 0 Å². The van der Waals surface area contributed by atoms with Gasteiger partial charge in [0.1, 0.15) is 0 Å². The largest absolute Gasteiger partial charge is 0.342 e. The summed E-state index contributed by atoms with van der Waals surface area (Å²) in [4.78, 5) is 31.9. The molecule has 0 saturated carbocycles. The normalized spacial score (nSPS) is 25.3. The Kier molecular flexibility index (Phi) is 4.98. The first kappa shape index (κ1) is 17.5. The number of aryl methyl sites for hydroxylation is 1. The van der Waals surface area contributed by atoms with Crippen LogP contribution in [0.2, 0.25) is 0 Å². The Morgan fingerprint density at radius 2 is 1.73 bits per heavy atom. The Morgan fingerprint density at radius 3 is 2.42 bits per heavy atom. The molecule has 5 heteroatoms. The van der Waals surface area contributed by atoms with Crippen LogP contribution in [0.1, 0.15) is 37.7 Å². The molecule has 0 bridgehead atoms. The van der Waals surface area contributed by atoms with Crippen molar-refractivity contribution in [2.75, 3.05) is 37.6 Å². The van der Waals surface area contributed by atoms with Gasteiger partial charge in [-0.05, 0) is 57.3 Å². The summed E-state index contributed by atoms with van der Waals surface area (Å²) in [6, 6.07) is 8.57. The van der Waals surface area contributed by atoms with E-state index in [1.165, 1.54) is 25.9 Å². The lowest BCUT2D eigenvalue weighted by Gasteiger charge is -2.37. The van der Waals surface area contributed by atoms with E-state index in [0.29, 0.717) is 19.0 Å². The maximum atomic E-state index is 13.0. The van der Waals surface area contributed by atoms with E-state index in [9.17, 15) is 9.59 Å². The number of para-hydroxylation sites is 1. The Labute approximate surface area is 155 Å². The highest BCUT2D eigenvalue weighted by Gasteiger charge is 2.39. The number of rotatable bonds is 3. The summed E-state index contributed by atoms with van der Waals surface area (Å²) < 4.78 is 0. The number of hydrogen-bond donors (Lipinski definition) is 0. The van der Waals surface area contributed by atoms with Gasteiger partial charge in [0.25, 0.3) is 0 Å². The first-order valence-corrected chi connectivity index (χ1v) is 10.0. The Bertz CT molecular complexity index is 676. The van der Waals surface area contributed by atoms with Crippen molar-refractivity contribution in [1.82, 2.24) is 9.80 Å². The maximum Gasteiger partial charge on any atom is 0.228 e. The summed E-state index contributed by atoms with van der Waals surface area (Å²) in [5, 5.41) is 0. The standard InChI is InChI=1S/C21H29N3O2/c1-16-6-2-3-7-19(16)24-15-17(14-20(24)25)21(26)23-12-8-18(9-13-23)22-10-4-5-11-22/h2-3,6-7,17-18H,4-5,8-15H2,1H3. The maximum absolute atomic E-state index is 13.0. The summed E-state index contributed by atoms with van der Waals surface area (Å²) in [5.74, 6) is 0.0596. The van der Waals surface area contributed by atoms with Gasteiger partial charge in [-0.25, -0.2) is 0 Å². The summed E-state index contributed by atoms with van der Waals surface area (Å²) >= 11 is 0. The second-order valence-electron chi connectivity index (χ2n) is 7.99. The lowest BCUT2D eigenvalue weighted by molar-refractivity contribution is -0.137. The Balaban J connectivity index is 1.36. The van der Waals surface area contributed by atoms with Crippen molar-refractivity contribution in [2.45, 2.75) is 45.1 Å². The van der Waals surface area contributed by atoms with Crippen LogP contribution in [0.25, 0.3) is 0 Å². The van der Waals surface area contributed by atoms with Gasteiger partial charge in [-0.15, -0.1) is 0 Å². The molecule has 0 aromatic heterocycles. The monoisotopic (exact) mass is 355 g/mol. The zero-order chi connectivity index (χ0) is 18.1. The van der Waals surface area contributed by atoms with Gasteiger partial charge < -0.3 is 14.7 Å². The number of amides is 2. The third-order valence-corrected chi connectivity index (χ3v) is 6.31. The summed E-state index contributed by atoms with van der Waals surface area (Å²) in [7, 11) is 0. The van der Waals surface area contributed by atoms with Gasteiger partial charge >= 0.3 is 0 Å². The summed E-state index contributed by atoms with van der Waals surface area (Å²) in [6.07, 6.45) is 5.14. The molecule has 3 aliphatic rings. The van der Waals surface area contributed by atoms with Gasteiger partial charge in [-0.2, -0.15) is 0 Å². The third kappa shape index (κ3) is 3.37. The van der Waals surface area contributed by atoms with Gasteiger partial charge in [0.15, 0.2) is 0 Å². The molecule has 1 aromatic rings. The predicted molar refractivity (Wildman–Crippen MR) is 102 cm³/mol. The van der Waals surface area contributed by atoms with E-state index in [-0.39, 0.29) is 17.7 Å². The molecule has 3 aliphatic heterocycles. The van der Waals surface area contributed by atoms with Crippen molar-refractivity contribution in [2.24, 2.45) is 5.92 Å². The SMILES string of the molecule is Cc1ccccc1N1CC(C(=O)N2CCC(N3CCCC3)CC2)CC1=O. The number of benzene rings is 1. The molecule has 1 atom stereocenters. The van der Waals surface area contributed by atoms with E-state index in [2.05, 4.69) is 4.90 Å². The molecule has 1 unspecified atom stereocenters. The van der Waals surface area contributed by atoms with Crippen LogP contribution in [0.15, 0.2) is 24.3 Å². The molecule has 4 rings (SSSR count). The lowest BCUT2D eigenvalue weighted by Crippen LogP contribution is -2.47. The molecule has 3 saturated heterocycles. The van der Waals surface area contributed by atoms with Crippen molar-refractivity contribution >= 4 is 17.5 Å². The average molecular weight is 355 g/mol. The minimum Gasteiger partial charge on any atom is -0.342 e. The third-order valence-electron chi connectivity index (χ3n) is 6.31. The second-order valence-corrected chi connectivity index (χ2v) is 7.99. The highest BCUT2D eigenvalue weighted by Crippen LogP contribution is 2.30. The number of carbonyl (C=O) groups excluding carboxylic acids is 2. The number of anilines is 1. The molecule has 0 aliphatic carbocycles. The number of piperidine rings is 1. The van der Waals surface area contributed by atoms with E-state index < -0.39 is 0 Å². The van der Waals surface area contributed by atoms with Crippen LogP contribution in [0.4, 0.5) is 5.69 Å². The predicted octanol–water partition coefficient (Wildman–Crippen LogP) is 2.43. The van der Waals surface area contributed by atoms with E-state index in [0.717, 1.165) is 37.2 Å². The van der Waals surface area contributed by atoms with E-state index in [1.807, 2.05) is 36.1 Å². The van der Waals surface area contributed by atoms with Gasteiger partial charge in [0.05, 0.1) is 5.92 Å². The molecule has 1 aromatic carbocycles. The first-order chi connectivity index (χ1) is 12.6. The number of carbonyl (C=O) groups is 2. The summed E-state index contributed by atoms with van der Waals surface area (Å²) in [6.45, 7) is 6.67. The molecule has 3 fully saturated rings. The van der Waals surface area contributed by atoms with Crippen molar-refractivity contribution in [3.05, 3.63) is 29.8 Å². The molecular weight excluding hydrogens is 326 g/mol. The fraction of sp³-hybridized carbons (Fsp3) is 0.619. The van der Waals surface area contributed by atoms with Gasteiger partial charge in [0.2, 0.25) is 11.8 Å². The van der Waals surface area contributed by atoms with Gasteiger partial charge in [-0.3, -0.25) is 9.59 Å². The van der Waals surface area contributed by atoms with Crippen molar-refractivity contribution in [1.29, 1.82) is 0 Å². The minimum atomic E-state index is -0.189. The van der Waals surface area contributed by atoms with Crippen LogP contribution in [-0.2, 0) is 9.59 Å². The molecule has 3 heterocycles. The second kappa shape index (κ2) is 7.39. The smallest absolute Gasteiger partial charge is 0.228 e. The zero-order valence-electron chi connectivity index (χ0n) is 15.7. The first-order valence-electron chi connectivity index (χ1n) is 10.0. The number of hydrogen-bond acceptors (Lipinski definition) is 3. The van der Waals surface area contributed by atoms with Crippen LogP contribution in [0.3, 0.4) is 0 Å².